The first-order chi connectivity index (χ1) is 11.8. The minimum Gasteiger partial charge on any atom is -0.493 e. The van der Waals surface area contributed by atoms with Crippen LogP contribution in [0.15, 0.2) is 53.9 Å². The van der Waals surface area contributed by atoms with Crippen LogP contribution in [0.4, 0.5) is 0 Å². The molecule has 5 nitrogen and oxygen atoms in total. The molecule has 0 spiro atoms. The lowest BCUT2D eigenvalue weighted by Gasteiger charge is -2.38. The first-order valence-electron chi connectivity index (χ1n) is 7.86. The van der Waals surface area contributed by atoms with Crippen molar-refractivity contribution in [2.24, 2.45) is 5.92 Å². The normalized spacial score (nSPS) is 14.4. The molecule has 1 fully saturated rings. The van der Waals surface area contributed by atoms with E-state index in [0.717, 1.165) is 16.3 Å². The largest absolute Gasteiger partial charge is 0.493 e. The van der Waals surface area contributed by atoms with Gasteiger partial charge in [0.1, 0.15) is 5.75 Å². The average molecular weight is 339 g/mol. The van der Waals surface area contributed by atoms with E-state index in [2.05, 4.69) is 10.2 Å². The molecule has 0 saturated carbocycles. The van der Waals surface area contributed by atoms with Gasteiger partial charge in [0.05, 0.1) is 17.2 Å². The number of nitrogens with zero attached hydrogens (tertiary/aromatic N) is 2. The molecule has 4 rings (SSSR count). The SMILES string of the molecule is O=C(c1cc(-c2cccs2)[nH]n1)N1CC(COc2ccccc2)C1. The summed E-state index contributed by atoms with van der Waals surface area (Å²) in [5.41, 5.74) is 1.36. The molecule has 6 heteroatoms. The predicted molar refractivity (Wildman–Crippen MR) is 93.2 cm³/mol. The zero-order valence-electron chi connectivity index (χ0n) is 13.0. The highest BCUT2D eigenvalue weighted by Crippen LogP contribution is 2.25. The van der Waals surface area contributed by atoms with E-state index in [-0.39, 0.29) is 5.91 Å². The highest BCUT2D eigenvalue weighted by Gasteiger charge is 2.32. The van der Waals surface area contributed by atoms with Crippen LogP contribution in [0.2, 0.25) is 0 Å². The number of para-hydroxylation sites is 1. The van der Waals surface area contributed by atoms with Gasteiger partial charge in [0.15, 0.2) is 5.69 Å². The van der Waals surface area contributed by atoms with Crippen LogP contribution in [0, 0.1) is 5.92 Å². The van der Waals surface area contributed by atoms with Crippen LogP contribution >= 0.6 is 11.3 Å². The van der Waals surface area contributed by atoms with Crippen molar-refractivity contribution in [2.75, 3.05) is 19.7 Å². The van der Waals surface area contributed by atoms with Gasteiger partial charge in [-0.2, -0.15) is 5.10 Å². The molecule has 0 bridgehead atoms. The van der Waals surface area contributed by atoms with E-state index in [0.29, 0.717) is 31.3 Å². The minimum absolute atomic E-state index is 0.0231. The number of hydrogen-bond donors (Lipinski definition) is 1. The van der Waals surface area contributed by atoms with Crippen molar-refractivity contribution in [1.82, 2.24) is 15.1 Å². The monoisotopic (exact) mass is 339 g/mol. The van der Waals surface area contributed by atoms with Crippen LogP contribution in [0.25, 0.3) is 10.6 Å². The molecule has 3 aromatic rings. The number of aromatic nitrogens is 2. The van der Waals surface area contributed by atoms with Gasteiger partial charge in [-0.1, -0.05) is 24.3 Å². The number of ether oxygens (including phenoxy) is 1. The molecule has 3 heterocycles. The first kappa shape index (κ1) is 15.0. The smallest absolute Gasteiger partial charge is 0.274 e. The van der Waals surface area contributed by atoms with Crippen LogP contribution < -0.4 is 4.74 Å². The summed E-state index contributed by atoms with van der Waals surface area (Å²) >= 11 is 1.62. The maximum absolute atomic E-state index is 12.4. The molecule has 0 unspecified atom stereocenters. The van der Waals surface area contributed by atoms with Crippen molar-refractivity contribution >= 4 is 17.2 Å². The van der Waals surface area contributed by atoms with Gasteiger partial charge in [-0.25, -0.2) is 0 Å². The Bertz CT molecular complexity index is 808. The summed E-state index contributed by atoms with van der Waals surface area (Å²) < 4.78 is 5.74. The molecule has 1 aliphatic heterocycles. The summed E-state index contributed by atoms with van der Waals surface area (Å²) in [6.07, 6.45) is 0. The molecular formula is C18H17N3O2S. The van der Waals surface area contributed by atoms with E-state index in [4.69, 9.17) is 4.74 Å². The van der Waals surface area contributed by atoms with E-state index in [1.54, 1.807) is 11.3 Å². The molecule has 0 aliphatic carbocycles. The summed E-state index contributed by atoms with van der Waals surface area (Å²) in [7, 11) is 0. The van der Waals surface area contributed by atoms with Crippen molar-refractivity contribution in [2.45, 2.75) is 0 Å². The van der Waals surface area contributed by atoms with Gasteiger partial charge < -0.3 is 9.64 Å². The quantitative estimate of drug-likeness (QED) is 0.776. The second-order valence-electron chi connectivity index (χ2n) is 5.84. The maximum atomic E-state index is 12.4. The Kier molecular flexibility index (Phi) is 4.04. The third kappa shape index (κ3) is 3.05. The number of carbonyl (C=O) groups is 1. The predicted octanol–water partition coefficient (Wildman–Crippen LogP) is 3.29. The van der Waals surface area contributed by atoms with Gasteiger partial charge in [0.25, 0.3) is 5.91 Å². The van der Waals surface area contributed by atoms with Crippen LogP contribution in [-0.4, -0.2) is 40.7 Å². The summed E-state index contributed by atoms with van der Waals surface area (Å²) in [5.74, 6) is 1.23. The highest BCUT2D eigenvalue weighted by molar-refractivity contribution is 7.13. The van der Waals surface area contributed by atoms with Crippen molar-refractivity contribution in [3.63, 3.8) is 0 Å². The van der Waals surface area contributed by atoms with Crippen LogP contribution in [0.5, 0.6) is 5.75 Å². The molecule has 2 aromatic heterocycles. The van der Waals surface area contributed by atoms with Crippen molar-refractivity contribution in [3.05, 3.63) is 59.6 Å². The molecule has 24 heavy (non-hydrogen) atoms. The maximum Gasteiger partial charge on any atom is 0.274 e. The number of nitrogens with one attached hydrogen (secondary N) is 1. The Balaban J connectivity index is 1.30. The molecule has 0 radical (unpaired) electrons. The second-order valence-corrected chi connectivity index (χ2v) is 6.79. The molecule has 1 amide bonds. The van der Waals surface area contributed by atoms with Crippen LogP contribution in [0.3, 0.4) is 0 Å². The summed E-state index contributed by atoms with van der Waals surface area (Å²) in [6.45, 7) is 2.06. The zero-order chi connectivity index (χ0) is 16.4. The van der Waals surface area contributed by atoms with E-state index in [9.17, 15) is 4.79 Å². The number of benzene rings is 1. The Morgan fingerprint density at radius 1 is 1.25 bits per heavy atom. The van der Waals surface area contributed by atoms with Crippen molar-refractivity contribution in [3.8, 4) is 16.3 Å². The number of hydrogen-bond acceptors (Lipinski definition) is 4. The fourth-order valence-electron chi connectivity index (χ4n) is 2.72. The lowest BCUT2D eigenvalue weighted by molar-refractivity contribution is 0.0388. The van der Waals surface area contributed by atoms with E-state index in [1.807, 2.05) is 58.8 Å². The zero-order valence-corrected chi connectivity index (χ0v) is 13.8. The lowest BCUT2D eigenvalue weighted by atomic mass is 10.0. The summed E-state index contributed by atoms with van der Waals surface area (Å²) in [4.78, 5) is 15.3. The van der Waals surface area contributed by atoms with Crippen molar-refractivity contribution in [1.29, 1.82) is 0 Å². The fourth-order valence-corrected chi connectivity index (χ4v) is 3.42. The fraction of sp³-hybridized carbons (Fsp3) is 0.222. The number of thiophene rings is 1. The Morgan fingerprint density at radius 3 is 2.83 bits per heavy atom. The molecular weight excluding hydrogens is 322 g/mol. The van der Waals surface area contributed by atoms with Gasteiger partial charge >= 0.3 is 0 Å². The minimum atomic E-state index is -0.0231. The van der Waals surface area contributed by atoms with E-state index in [1.165, 1.54) is 0 Å². The van der Waals surface area contributed by atoms with Gasteiger partial charge in [-0.3, -0.25) is 9.89 Å². The van der Waals surface area contributed by atoms with Gasteiger partial charge in [0.2, 0.25) is 0 Å². The molecule has 1 saturated heterocycles. The van der Waals surface area contributed by atoms with E-state index < -0.39 is 0 Å². The van der Waals surface area contributed by atoms with E-state index >= 15 is 0 Å². The third-order valence-corrected chi connectivity index (χ3v) is 4.96. The van der Waals surface area contributed by atoms with Gasteiger partial charge in [-0.05, 0) is 29.6 Å². The molecule has 1 aliphatic rings. The summed E-state index contributed by atoms with van der Waals surface area (Å²) in [6, 6.07) is 15.6. The van der Waals surface area contributed by atoms with Crippen LogP contribution in [0.1, 0.15) is 10.5 Å². The number of likely N-dealkylation sites (tertiary alicyclic amines) is 1. The van der Waals surface area contributed by atoms with Gasteiger partial charge in [0, 0.05) is 19.0 Å². The first-order valence-corrected chi connectivity index (χ1v) is 8.74. The second kappa shape index (κ2) is 6.49. The topological polar surface area (TPSA) is 58.2 Å². The average Bonchev–Trinajstić information content (AvgIpc) is 3.25. The lowest BCUT2D eigenvalue weighted by Crippen LogP contribution is -2.52. The Morgan fingerprint density at radius 2 is 2.08 bits per heavy atom. The molecule has 1 aromatic carbocycles. The molecule has 122 valence electrons. The number of carbonyl (C=O) groups excluding carboxylic acids is 1. The number of rotatable bonds is 5. The number of H-pyrrole nitrogens is 1. The van der Waals surface area contributed by atoms with Crippen LogP contribution in [-0.2, 0) is 0 Å². The standard InChI is InChI=1S/C18H17N3O2S/c22-18(16-9-15(19-20-16)17-7-4-8-24-17)21-10-13(11-21)12-23-14-5-2-1-3-6-14/h1-9,13H,10-12H2,(H,19,20). The van der Waals surface area contributed by atoms with Gasteiger partial charge in [-0.15, -0.1) is 11.3 Å². The summed E-state index contributed by atoms with van der Waals surface area (Å²) in [5, 5.41) is 9.10. The third-order valence-electron chi connectivity index (χ3n) is 4.06. The van der Waals surface area contributed by atoms with Crippen molar-refractivity contribution < 1.29 is 9.53 Å². The molecule has 0 atom stereocenters. The number of aromatic amines is 1. The molecule has 1 N–H and O–H groups in total. The number of amides is 1. The highest BCUT2D eigenvalue weighted by atomic mass is 32.1. The Hall–Kier alpha value is -2.60. The Labute approximate surface area is 143 Å².